The van der Waals surface area contributed by atoms with Gasteiger partial charge in [0.05, 0.1) is 6.10 Å². The minimum absolute atomic E-state index is 0.00423. The van der Waals surface area contributed by atoms with Crippen LogP contribution in [0.2, 0.25) is 0 Å². The predicted octanol–water partition coefficient (Wildman–Crippen LogP) is 3.43. The molecule has 0 saturated heterocycles. The van der Waals surface area contributed by atoms with Gasteiger partial charge in [0, 0.05) is 6.42 Å². The number of alkyl halides is 3. The topological polar surface area (TPSA) is 44.8 Å². The molecule has 0 spiro atoms. The number of carbonyl (C=O) groups excluding carboxylic acids is 1. The van der Waals surface area contributed by atoms with E-state index in [0.717, 1.165) is 0 Å². The number of esters is 1. The van der Waals surface area contributed by atoms with Crippen molar-refractivity contribution in [1.29, 1.82) is 0 Å². The number of hydrogen-bond acceptors (Lipinski definition) is 4. The number of halogens is 6. The Balaban J connectivity index is 2.34. The second-order valence-corrected chi connectivity index (χ2v) is 4.28. The smallest absolute Gasteiger partial charge is 0.464 e. The summed E-state index contributed by atoms with van der Waals surface area (Å²) in [5.41, 5.74) is 0. The third-order valence-corrected chi connectivity index (χ3v) is 2.72. The van der Waals surface area contributed by atoms with Crippen molar-refractivity contribution in [2.75, 3.05) is 6.79 Å². The first kappa shape index (κ1) is 17.6. The van der Waals surface area contributed by atoms with Gasteiger partial charge in [0.15, 0.2) is 6.79 Å². The summed E-state index contributed by atoms with van der Waals surface area (Å²) < 4.78 is 84.9. The molecule has 0 aromatic rings. The lowest BCUT2D eigenvalue weighted by Gasteiger charge is -2.28. The van der Waals surface area contributed by atoms with Crippen LogP contribution in [0.4, 0.5) is 26.3 Å². The van der Waals surface area contributed by atoms with E-state index in [1.807, 2.05) is 0 Å². The molecule has 0 amide bonds. The second kappa shape index (κ2) is 7.53. The van der Waals surface area contributed by atoms with Crippen molar-refractivity contribution in [3.63, 3.8) is 0 Å². The average Bonchev–Trinajstić information content (AvgIpc) is 2.37. The molecule has 21 heavy (non-hydrogen) atoms. The number of rotatable bonds is 5. The van der Waals surface area contributed by atoms with Crippen LogP contribution >= 0.6 is 0 Å². The summed E-state index contributed by atoms with van der Waals surface area (Å²) in [4.78, 5) is 10.4. The molecule has 0 aliphatic heterocycles. The fourth-order valence-corrected chi connectivity index (χ4v) is 1.82. The molecule has 122 valence electrons. The van der Waals surface area contributed by atoms with E-state index < -0.39 is 43.2 Å². The van der Waals surface area contributed by atoms with Crippen molar-refractivity contribution >= 4 is 5.97 Å². The van der Waals surface area contributed by atoms with Gasteiger partial charge in [0.1, 0.15) is 6.10 Å². The zero-order valence-electron chi connectivity index (χ0n) is 10.6. The van der Waals surface area contributed by atoms with E-state index in [-0.39, 0.29) is 6.42 Å². The predicted molar refractivity (Wildman–Crippen MR) is 55.6 cm³/mol. The normalized spacial score (nSPS) is 22.6. The Morgan fingerprint density at radius 2 is 1.71 bits per heavy atom. The van der Waals surface area contributed by atoms with Gasteiger partial charge in [-0.25, -0.2) is 4.79 Å². The minimum Gasteiger partial charge on any atom is -0.464 e. The van der Waals surface area contributed by atoms with Crippen LogP contribution in [0.3, 0.4) is 0 Å². The van der Waals surface area contributed by atoms with Crippen molar-refractivity contribution in [2.24, 2.45) is 0 Å². The average molecular weight is 322 g/mol. The lowest BCUT2D eigenvalue weighted by atomic mass is 9.95. The van der Waals surface area contributed by atoms with Gasteiger partial charge in [-0.1, -0.05) is 0 Å². The zero-order valence-corrected chi connectivity index (χ0v) is 10.6. The highest BCUT2D eigenvalue weighted by Gasteiger charge is 2.41. The molecule has 4 nitrogen and oxygen atoms in total. The van der Waals surface area contributed by atoms with Gasteiger partial charge in [-0.2, -0.15) is 26.3 Å². The van der Waals surface area contributed by atoms with Crippen molar-refractivity contribution in [2.45, 2.75) is 44.1 Å². The van der Waals surface area contributed by atoms with Crippen molar-refractivity contribution in [3.05, 3.63) is 12.1 Å². The van der Waals surface area contributed by atoms with Crippen molar-refractivity contribution < 1.29 is 45.3 Å². The van der Waals surface area contributed by atoms with Gasteiger partial charge >= 0.3 is 24.2 Å². The summed E-state index contributed by atoms with van der Waals surface area (Å²) >= 11 is 0. The van der Waals surface area contributed by atoms with Crippen LogP contribution in [0.5, 0.6) is 0 Å². The molecular formula is C11H12F6O4. The summed E-state index contributed by atoms with van der Waals surface area (Å²) in [7, 11) is 0. The van der Waals surface area contributed by atoms with Gasteiger partial charge in [-0.15, -0.1) is 0 Å². The Hall–Kier alpha value is -1.45. The number of carbonyl (C=O) groups is 1. The minimum atomic E-state index is -5.12. The molecule has 1 aliphatic rings. The summed E-state index contributed by atoms with van der Waals surface area (Å²) in [5.74, 6) is -2.39. The summed E-state index contributed by atoms with van der Waals surface area (Å²) in [5, 5.41) is 0. The molecular weight excluding hydrogens is 310 g/mol. The van der Waals surface area contributed by atoms with Crippen LogP contribution in [-0.4, -0.2) is 31.1 Å². The first-order valence-electron chi connectivity index (χ1n) is 5.93. The van der Waals surface area contributed by atoms with Gasteiger partial charge < -0.3 is 14.2 Å². The zero-order chi connectivity index (χ0) is 16.0. The summed E-state index contributed by atoms with van der Waals surface area (Å²) in [6.07, 6.45) is -8.07. The standard InChI is InChI=1S/C11H12F6O4/c12-8(13)9(14)21-7-3-1-2-6(4-7)19-5-20-10(18)11(15,16)17/h6-7H,1-5H2. The maximum atomic E-state index is 12.6. The molecule has 0 radical (unpaired) electrons. The molecule has 1 saturated carbocycles. The molecule has 2 atom stereocenters. The Morgan fingerprint density at radius 3 is 2.29 bits per heavy atom. The van der Waals surface area contributed by atoms with Crippen molar-refractivity contribution in [1.82, 2.24) is 0 Å². The van der Waals surface area contributed by atoms with Gasteiger partial charge in [0.25, 0.3) is 0 Å². The van der Waals surface area contributed by atoms with E-state index in [0.29, 0.717) is 19.3 Å². The van der Waals surface area contributed by atoms with E-state index in [2.05, 4.69) is 9.47 Å². The van der Waals surface area contributed by atoms with Gasteiger partial charge in [-0.05, 0) is 19.3 Å². The fourth-order valence-electron chi connectivity index (χ4n) is 1.82. The fraction of sp³-hybridized carbons (Fsp3) is 0.727. The molecule has 1 aliphatic carbocycles. The molecule has 0 bridgehead atoms. The summed E-state index contributed by atoms with van der Waals surface area (Å²) in [6, 6.07) is -1.98. The quantitative estimate of drug-likeness (QED) is 0.337. The number of ether oxygens (including phenoxy) is 3. The third-order valence-electron chi connectivity index (χ3n) is 2.72. The molecule has 1 fully saturated rings. The Morgan fingerprint density at radius 1 is 1.10 bits per heavy atom. The first-order valence-corrected chi connectivity index (χ1v) is 5.93. The van der Waals surface area contributed by atoms with E-state index in [4.69, 9.17) is 4.74 Å². The van der Waals surface area contributed by atoms with Crippen LogP contribution < -0.4 is 0 Å². The highest BCUT2D eigenvalue weighted by Crippen LogP contribution is 2.27. The first-order chi connectivity index (χ1) is 9.70. The van der Waals surface area contributed by atoms with Crippen LogP contribution in [0, 0.1) is 0 Å². The number of hydrogen-bond donors (Lipinski definition) is 0. The molecule has 0 heterocycles. The van der Waals surface area contributed by atoms with Crippen LogP contribution in [-0.2, 0) is 19.0 Å². The SMILES string of the molecule is O=C(OCOC1CCCC(OC(F)=C(F)F)C1)C(F)(F)F. The molecule has 10 heteroatoms. The largest absolute Gasteiger partial charge is 0.491 e. The molecule has 0 N–H and O–H groups in total. The lowest BCUT2D eigenvalue weighted by molar-refractivity contribution is -0.214. The van der Waals surface area contributed by atoms with E-state index in [1.54, 1.807) is 0 Å². The lowest BCUT2D eigenvalue weighted by Crippen LogP contribution is -2.31. The van der Waals surface area contributed by atoms with Crippen molar-refractivity contribution in [3.8, 4) is 0 Å². The van der Waals surface area contributed by atoms with Gasteiger partial charge in [-0.3, -0.25) is 0 Å². The Labute approximate surface area is 115 Å². The highest BCUT2D eigenvalue weighted by molar-refractivity contribution is 5.75. The maximum Gasteiger partial charge on any atom is 0.491 e. The monoisotopic (exact) mass is 322 g/mol. The van der Waals surface area contributed by atoms with Crippen LogP contribution in [0.15, 0.2) is 12.1 Å². The molecule has 0 aromatic heterocycles. The molecule has 1 rings (SSSR count). The van der Waals surface area contributed by atoms with E-state index >= 15 is 0 Å². The third kappa shape index (κ3) is 6.23. The Kier molecular flexibility index (Phi) is 6.31. The highest BCUT2D eigenvalue weighted by atomic mass is 19.4. The van der Waals surface area contributed by atoms with E-state index in [1.165, 1.54) is 0 Å². The molecule has 0 aromatic carbocycles. The second-order valence-electron chi connectivity index (χ2n) is 4.28. The molecule has 2 unspecified atom stereocenters. The summed E-state index contributed by atoms with van der Waals surface area (Å²) in [6.45, 7) is -0.925. The maximum absolute atomic E-state index is 12.6. The van der Waals surface area contributed by atoms with E-state index in [9.17, 15) is 31.1 Å². The van der Waals surface area contributed by atoms with Gasteiger partial charge in [0.2, 0.25) is 0 Å². The Bertz CT molecular complexity index is 391. The van der Waals surface area contributed by atoms with Crippen LogP contribution in [0.1, 0.15) is 25.7 Å². The van der Waals surface area contributed by atoms with Crippen LogP contribution in [0.25, 0.3) is 0 Å².